The van der Waals surface area contributed by atoms with E-state index in [0.717, 1.165) is 23.4 Å². The number of rotatable bonds is 1. The molecule has 4 heteroatoms. The van der Waals surface area contributed by atoms with Gasteiger partial charge in [-0.05, 0) is 22.5 Å². The lowest BCUT2D eigenvalue weighted by Gasteiger charge is -2.23. The van der Waals surface area contributed by atoms with Gasteiger partial charge in [0.15, 0.2) is 3.92 Å². The third kappa shape index (κ3) is 1.56. The molecule has 1 aliphatic heterocycles. The van der Waals surface area contributed by atoms with Gasteiger partial charge in [-0.1, -0.05) is 6.92 Å². The predicted molar refractivity (Wildman–Crippen MR) is 54.5 cm³/mol. The van der Waals surface area contributed by atoms with Gasteiger partial charge in [-0.15, -0.1) is 11.3 Å². The summed E-state index contributed by atoms with van der Waals surface area (Å²) >= 11 is 5.20. The Morgan fingerprint density at radius 1 is 1.67 bits per heavy atom. The van der Waals surface area contributed by atoms with E-state index in [2.05, 4.69) is 32.7 Å². The van der Waals surface area contributed by atoms with E-state index in [-0.39, 0.29) is 0 Å². The number of hydrogen-bond donors (Lipinski definition) is 0. The Morgan fingerprint density at radius 2 is 2.50 bits per heavy atom. The summed E-state index contributed by atoms with van der Waals surface area (Å²) in [5.74, 6) is 0. The summed E-state index contributed by atoms with van der Waals surface area (Å²) in [5, 5.41) is 0. The maximum atomic E-state index is 4.43. The van der Waals surface area contributed by atoms with Crippen LogP contribution in [-0.4, -0.2) is 23.0 Å². The summed E-state index contributed by atoms with van der Waals surface area (Å²) in [4.78, 5) is 8.32. The topological polar surface area (TPSA) is 16.1 Å². The molecule has 0 spiro atoms. The molecular formula is C8H11BrN2S. The molecule has 0 amide bonds. The highest BCUT2D eigenvalue weighted by Gasteiger charge is 2.18. The van der Waals surface area contributed by atoms with E-state index in [1.165, 1.54) is 17.1 Å². The van der Waals surface area contributed by atoms with E-state index in [9.17, 15) is 0 Å². The van der Waals surface area contributed by atoms with E-state index < -0.39 is 0 Å². The van der Waals surface area contributed by atoms with Gasteiger partial charge in [-0.25, -0.2) is 4.98 Å². The van der Waals surface area contributed by atoms with Gasteiger partial charge in [-0.3, -0.25) is 4.90 Å². The number of nitrogens with zero attached hydrogens (tertiary/aromatic N) is 2. The fraction of sp³-hybridized carbons (Fsp3) is 0.625. The SMILES string of the molecule is CCN1CCc2nc(Br)sc2C1. The van der Waals surface area contributed by atoms with Crippen molar-refractivity contribution in [1.29, 1.82) is 0 Å². The zero-order valence-corrected chi connectivity index (χ0v) is 9.41. The first-order valence-corrected chi connectivity index (χ1v) is 5.77. The summed E-state index contributed by atoms with van der Waals surface area (Å²) in [6.07, 6.45) is 1.12. The van der Waals surface area contributed by atoms with Gasteiger partial charge >= 0.3 is 0 Å². The van der Waals surface area contributed by atoms with Crippen molar-refractivity contribution in [2.75, 3.05) is 13.1 Å². The zero-order chi connectivity index (χ0) is 8.55. The molecule has 2 heterocycles. The first-order valence-electron chi connectivity index (χ1n) is 4.16. The molecule has 0 fully saturated rings. The quantitative estimate of drug-likeness (QED) is 0.756. The number of halogens is 1. The minimum Gasteiger partial charge on any atom is -0.298 e. The second-order valence-corrected chi connectivity index (χ2v) is 5.32. The smallest absolute Gasteiger partial charge is 0.159 e. The van der Waals surface area contributed by atoms with Gasteiger partial charge in [0, 0.05) is 24.4 Å². The lowest BCUT2D eigenvalue weighted by atomic mass is 10.2. The Bertz CT molecular complexity index is 285. The van der Waals surface area contributed by atoms with Crippen LogP contribution >= 0.6 is 27.3 Å². The highest BCUT2D eigenvalue weighted by atomic mass is 79.9. The van der Waals surface area contributed by atoms with Crippen molar-refractivity contribution < 1.29 is 0 Å². The standard InChI is InChI=1S/C8H11BrN2S/c1-2-11-4-3-6-7(5-11)12-8(9)10-6/h2-5H2,1H3. The van der Waals surface area contributed by atoms with Gasteiger partial charge in [0.25, 0.3) is 0 Å². The molecule has 0 radical (unpaired) electrons. The Labute approximate surface area is 84.7 Å². The van der Waals surface area contributed by atoms with Gasteiger partial charge in [0.2, 0.25) is 0 Å². The van der Waals surface area contributed by atoms with Crippen LogP contribution in [0.2, 0.25) is 0 Å². The number of hydrogen-bond acceptors (Lipinski definition) is 3. The highest BCUT2D eigenvalue weighted by Crippen LogP contribution is 2.27. The average molecular weight is 247 g/mol. The Morgan fingerprint density at radius 3 is 3.25 bits per heavy atom. The molecule has 1 aromatic heterocycles. The molecule has 0 atom stereocenters. The van der Waals surface area contributed by atoms with E-state index in [4.69, 9.17) is 0 Å². The van der Waals surface area contributed by atoms with Crippen LogP contribution in [0.15, 0.2) is 3.92 Å². The molecule has 0 aliphatic carbocycles. The highest BCUT2D eigenvalue weighted by molar-refractivity contribution is 9.11. The van der Waals surface area contributed by atoms with Crippen molar-refractivity contribution in [1.82, 2.24) is 9.88 Å². The summed E-state index contributed by atoms with van der Waals surface area (Å²) < 4.78 is 1.03. The van der Waals surface area contributed by atoms with Gasteiger partial charge in [0.05, 0.1) is 5.69 Å². The molecule has 66 valence electrons. The van der Waals surface area contributed by atoms with Gasteiger partial charge in [-0.2, -0.15) is 0 Å². The molecule has 1 aromatic rings. The van der Waals surface area contributed by atoms with Crippen molar-refractivity contribution in [2.24, 2.45) is 0 Å². The van der Waals surface area contributed by atoms with Gasteiger partial charge < -0.3 is 0 Å². The van der Waals surface area contributed by atoms with Crippen LogP contribution in [0, 0.1) is 0 Å². The zero-order valence-electron chi connectivity index (χ0n) is 7.01. The lowest BCUT2D eigenvalue weighted by molar-refractivity contribution is 0.270. The molecule has 2 nitrogen and oxygen atoms in total. The minimum absolute atomic E-state index is 1.03. The number of fused-ring (bicyclic) bond motifs is 1. The van der Waals surface area contributed by atoms with Crippen LogP contribution in [0.5, 0.6) is 0 Å². The first kappa shape index (κ1) is 8.66. The van der Waals surface area contributed by atoms with Crippen LogP contribution in [0.25, 0.3) is 0 Å². The Hall–Kier alpha value is 0.0700. The second-order valence-electron chi connectivity index (χ2n) is 2.96. The number of thiazole rings is 1. The molecule has 0 bridgehead atoms. The molecule has 0 aromatic carbocycles. The van der Waals surface area contributed by atoms with E-state index >= 15 is 0 Å². The minimum atomic E-state index is 1.03. The van der Waals surface area contributed by atoms with Crippen LogP contribution in [0.1, 0.15) is 17.5 Å². The molecular weight excluding hydrogens is 236 g/mol. The summed E-state index contributed by atoms with van der Waals surface area (Å²) in [6.45, 7) is 5.62. The predicted octanol–water partition coefficient (Wildman–Crippen LogP) is 2.28. The van der Waals surface area contributed by atoms with E-state index in [0.29, 0.717) is 0 Å². The summed E-state index contributed by atoms with van der Waals surface area (Å²) in [7, 11) is 0. The Kier molecular flexibility index (Phi) is 2.48. The van der Waals surface area contributed by atoms with E-state index in [1.807, 2.05) is 0 Å². The molecule has 12 heavy (non-hydrogen) atoms. The number of likely N-dealkylation sites (N-methyl/N-ethyl adjacent to an activating group) is 1. The van der Waals surface area contributed by atoms with Crippen molar-refractivity contribution in [3.8, 4) is 0 Å². The molecule has 0 saturated heterocycles. The molecule has 0 N–H and O–H groups in total. The maximum Gasteiger partial charge on any atom is 0.159 e. The van der Waals surface area contributed by atoms with Crippen LogP contribution in [0.3, 0.4) is 0 Å². The molecule has 1 aliphatic rings. The van der Waals surface area contributed by atoms with Crippen molar-refractivity contribution in [2.45, 2.75) is 19.9 Å². The van der Waals surface area contributed by atoms with Crippen LogP contribution in [-0.2, 0) is 13.0 Å². The normalized spacial score (nSPS) is 17.8. The largest absolute Gasteiger partial charge is 0.298 e. The monoisotopic (exact) mass is 246 g/mol. The van der Waals surface area contributed by atoms with Gasteiger partial charge in [0.1, 0.15) is 0 Å². The van der Waals surface area contributed by atoms with Crippen molar-refractivity contribution in [3.05, 3.63) is 14.5 Å². The lowest BCUT2D eigenvalue weighted by Crippen LogP contribution is -2.29. The third-order valence-corrected chi connectivity index (χ3v) is 3.77. The first-order chi connectivity index (χ1) is 5.79. The maximum absolute atomic E-state index is 4.43. The average Bonchev–Trinajstić information content (AvgIpc) is 2.43. The number of aromatic nitrogens is 1. The van der Waals surface area contributed by atoms with E-state index in [1.54, 1.807) is 11.3 Å². The van der Waals surface area contributed by atoms with Crippen molar-refractivity contribution >= 4 is 27.3 Å². The summed E-state index contributed by atoms with van der Waals surface area (Å²) in [6, 6.07) is 0. The van der Waals surface area contributed by atoms with Crippen molar-refractivity contribution in [3.63, 3.8) is 0 Å². The fourth-order valence-corrected chi connectivity index (χ4v) is 3.16. The Balaban J connectivity index is 2.22. The summed E-state index contributed by atoms with van der Waals surface area (Å²) in [5.41, 5.74) is 1.30. The fourth-order valence-electron chi connectivity index (χ4n) is 1.49. The second kappa shape index (κ2) is 3.44. The molecule has 0 unspecified atom stereocenters. The van der Waals surface area contributed by atoms with Crippen LogP contribution < -0.4 is 0 Å². The third-order valence-electron chi connectivity index (χ3n) is 2.23. The molecule has 0 saturated carbocycles. The molecule has 2 rings (SSSR count). The van der Waals surface area contributed by atoms with Crippen LogP contribution in [0.4, 0.5) is 0 Å².